The summed E-state index contributed by atoms with van der Waals surface area (Å²) in [4.78, 5) is 16.8. The van der Waals surface area contributed by atoms with Gasteiger partial charge < -0.3 is 5.32 Å². The van der Waals surface area contributed by atoms with Gasteiger partial charge in [-0.1, -0.05) is 6.92 Å². The number of aliphatic imine (C=N–C) groups is 1. The molecule has 0 fully saturated rings. The lowest BCUT2D eigenvalue weighted by molar-refractivity contribution is 0.550. The lowest BCUT2D eigenvalue weighted by Crippen LogP contribution is -2.41. The Balaban J connectivity index is 2.62. The van der Waals surface area contributed by atoms with E-state index in [1.165, 1.54) is 0 Å². The summed E-state index contributed by atoms with van der Waals surface area (Å²) >= 11 is 3.34. The number of aromatic nitrogens is 1. The van der Waals surface area contributed by atoms with Crippen LogP contribution in [0.2, 0.25) is 0 Å². The van der Waals surface area contributed by atoms with Crippen molar-refractivity contribution in [3.05, 3.63) is 26.5 Å². The SMILES string of the molecule is CCNC1N=C(C)c2cc(Br)c(=O)n(C(C)C)c2N1. The van der Waals surface area contributed by atoms with Gasteiger partial charge in [-0.05, 0) is 49.3 Å². The van der Waals surface area contributed by atoms with Gasteiger partial charge >= 0.3 is 0 Å². The minimum Gasteiger partial charge on any atom is -0.337 e. The molecule has 19 heavy (non-hydrogen) atoms. The number of rotatable bonds is 3. The van der Waals surface area contributed by atoms with E-state index in [1.54, 1.807) is 4.57 Å². The molecule has 0 aromatic carbocycles. The van der Waals surface area contributed by atoms with E-state index >= 15 is 0 Å². The Hall–Kier alpha value is -1.14. The first-order valence-electron chi connectivity index (χ1n) is 6.45. The first-order valence-corrected chi connectivity index (χ1v) is 7.24. The molecule has 2 N–H and O–H groups in total. The molecule has 0 saturated heterocycles. The van der Waals surface area contributed by atoms with Gasteiger partial charge in [0.2, 0.25) is 0 Å². The summed E-state index contributed by atoms with van der Waals surface area (Å²) in [7, 11) is 0. The highest BCUT2D eigenvalue weighted by atomic mass is 79.9. The van der Waals surface area contributed by atoms with Crippen molar-refractivity contribution in [1.82, 2.24) is 9.88 Å². The van der Waals surface area contributed by atoms with Crippen molar-refractivity contribution in [3.63, 3.8) is 0 Å². The van der Waals surface area contributed by atoms with Crippen molar-refractivity contribution >= 4 is 27.5 Å². The van der Waals surface area contributed by atoms with Crippen molar-refractivity contribution in [2.45, 2.75) is 40.0 Å². The van der Waals surface area contributed by atoms with Gasteiger partial charge in [0, 0.05) is 17.3 Å². The second-order valence-electron chi connectivity index (χ2n) is 4.84. The fraction of sp³-hybridized carbons (Fsp3) is 0.538. The molecule has 6 heteroatoms. The molecular weight excluding hydrogens is 308 g/mol. The van der Waals surface area contributed by atoms with E-state index in [2.05, 4.69) is 31.6 Å². The van der Waals surface area contributed by atoms with Crippen molar-refractivity contribution in [1.29, 1.82) is 0 Å². The molecule has 1 unspecified atom stereocenters. The number of anilines is 1. The molecule has 104 valence electrons. The lowest BCUT2D eigenvalue weighted by Gasteiger charge is -2.29. The average Bonchev–Trinajstić information content (AvgIpc) is 2.32. The summed E-state index contributed by atoms with van der Waals surface area (Å²) in [6, 6.07) is 1.92. The Bertz CT molecular complexity index is 577. The molecule has 2 heterocycles. The molecule has 5 nitrogen and oxygen atoms in total. The van der Waals surface area contributed by atoms with E-state index < -0.39 is 0 Å². The molecular formula is C13H19BrN4O. The standard InChI is InChI=1S/C13H19BrN4O/c1-5-15-13-16-8(4)9-6-10(14)12(19)18(7(2)3)11(9)17-13/h6-7,13,15,17H,5H2,1-4H3. The zero-order chi connectivity index (χ0) is 14.2. The summed E-state index contributed by atoms with van der Waals surface area (Å²) in [5.41, 5.74) is 1.87. The smallest absolute Gasteiger partial charge is 0.266 e. The van der Waals surface area contributed by atoms with Crippen LogP contribution < -0.4 is 16.2 Å². The first-order chi connectivity index (χ1) is 8.95. The number of fused-ring (bicyclic) bond motifs is 1. The highest BCUT2D eigenvalue weighted by Gasteiger charge is 2.23. The minimum absolute atomic E-state index is 0.0220. The fourth-order valence-electron chi connectivity index (χ4n) is 2.23. The topological polar surface area (TPSA) is 58.4 Å². The van der Waals surface area contributed by atoms with Gasteiger partial charge in [0.05, 0.1) is 4.47 Å². The van der Waals surface area contributed by atoms with Crippen LogP contribution in [0.1, 0.15) is 39.3 Å². The predicted octanol–water partition coefficient (Wildman–Crippen LogP) is 2.32. The second kappa shape index (κ2) is 5.46. The Morgan fingerprint density at radius 1 is 1.58 bits per heavy atom. The van der Waals surface area contributed by atoms with Crippen LogP contribution in [0.5, 0.6) is 0 Å². The normalized spacial score (nSPS) is 18.0. The molecule has 2 rings (SSSR count). The van der Waals surface area contributed by atoms with Crippen LogP contribution >= 0.6 is 15.9 Å². The van der Waals surface area contributed by atoms with Crippen LogP contribution in [0.4, 0.5) is 5.82 Å². The van der Waals surface area contributed by atoms with Gasteiger partial charge in [0.1, 0.15) is 5.82 Å². The van der Waals surface area contributed by atoms with E-state index in [0.29, 0.717) is 4.47 Å². The third-order valence-corrected chi connectivity index (χ3v) is 3.66. The van der Waals surface area contributed by atoms with Gasteiger partial charge in [-0.25, -0.2) is 4.99 Å². The summed E-state index contributed by atoms with van der Waals surface area (Å²) in [6.07, 6.45) is -0.178. The molecule has 0 radical (unpaired) electrons. The maximum atomic E-state index is 12.3. The summed E-state index contributed by atoms with van der Waals surface area (Å²) in [5.74, 6) is 0.835. The van der Waals surface area contributed by atoms with Crippen LogP contribution in [0.15, 0.2) is 20.3 Å². The molecule has 0 spiro atoms. The van der Waals surface area contributed by atoms with Crippen LogP contribution in [0.25, 0.3) is 0 Å². The summed E-state index contributed by atoms with van der Waals surface area (Å²) in [5, 5.41) is 6.52. The molecule has 1 atom stereocenters. The highest BCUT2D eigenvalue weighted by Crippen LogP contribution is 2.25. The Morgan fingerprint density at radius 3 is 2.84 bits per heavy atom. The number of halogens is 1. The third kappa shape index (κ3) is 2.60. The molecule has 1 aromatic rings. The van der Waals surface area contributed by atoms with Gasteiger partial charge in [0.25, 0.3) is 5.56 Å². The Labute approximate surface area is 121 Å². The maximum absolute atomic E-state index is 12.3. The van der Waals surface area contributed by atoms with Crippen molar-refractivity contribution < 1.29 is 0 Å². The second-order valence-corrected chi connectivity index (χ2v) is 5.70. The van der Waals surface area contributed by atoms with E-state index in [0.717, 1.165) is 23.6 Å². The molecule has 0 amide bonds. The molecule has 1 aromatic heterocycles. The fourth-order valence-corrected chi connectivity index (χ4v) is 2.65. The van der Waals surface area contributed by atoms with Gasteiger partial charge in [-0.3, -0.25) is 14.7 Å². The quantitative estimate of drug-likeness (QED) is 0.896. The van der Waals surface area contributed by atoms with E-state index in [9.17, 15) is 4.79 Å². The number of nitrogens with one attached hydrogen (secondary N) is 2. The van der Waals surface area contributed by atoms with E-state index in [4.69, 9.17) is 0 Å². The highest BCUT2D eigenvalue weighted by molar-refractivity contribution is 9.10. The Morgan fingerprint density at radius 2 is 2.26 bits per heavy atom. The van der Waals surface area contributed by atoms with Gasteiger partial charge in [-0.2, -0.15) is 0 Å². The number of hydrogen-bond acceptors (Lipinski definition) is 4. The zero-order valence-corrected chi connectivity index (χ0v) is 13.2. The lowest BCUT2D eigenvalue weighted by atomic mass is 10.1. The number of nitrogens with zero attached hydrogens (tertiary/aromatic N) is 2. The van der Waals surface area contributed by atoms with Crippen LogP contribution in [0, 0.1) is 0 Å². The van der Waals surface area contributed by atoms with Gasteiger partial charge in [-0.15, -0.1) is 0 Å². The minimum atomic E-state index is -0.178. The number of pyridine rings is 1. The monoisotopic (exact) mass is 326 g/mol. The van der Waals surface area contributed by atoms with Crippen LogP contribution in [-0.2, 0) is 0 Å². The molecule has 1 aliphatic rings. The maximum Gasteiger partial charge on any atom is 0.266 e. The largest absolute Gasteiger partial charge is 0.337 e. The summed E-state index contributed by atoms with van der Waals surface area (Å²) in [6.45, 7) is 8.80. The van der Waals surface area contributed by atoms with Crippen molar-refractivity contribution in [2.75, 3.05) is 11.9 Å². The molecule has 0 bridgehead atoms. The van der Waals surface area contributed by atoms with Crippen LogP contribution in [-0.4, -0.2) is 23.1 Å². The molecule has 0 aliphatic carbocycles. The molecule has 0 saturated carbocycles. The van der Waals surface area contributed by atoms with E-state index in [1.807, 2.05) is 33.8 Å². The average molecular weight is 327 g/mol. The Kier molecular flexibility index (Phi) is 4.10. The summed E-state index contributed by atoms with van der Waals surface area (Å²) < 4.78 is 2.33. The van der Waals surface area contributed by atoms with Gasteiger partial charge in [0.15, 0.2) is 6.29 Å². The number of hydrogen-bond donors (Lipinski definition) is 2. The van der Waals surface area contributed by atoms with Crippen molar-refractivity contribution in [2.24, 2.45) is 4.99 Å². The van der Waals surface area contributed by atoms with Crippen LogP contribution in [0.3, 0.4) is 0 Å². The first kappa shape index (κ1) is 14.3. The zero-order valence-electron chi connectivity index (χ0n) is 11.6. The van der Waals surface area contributed by atoms with E-state index in [-0.39, 0.29) is 17.9 Å². The van der Waals surface area contributed by atoms with Crippen molar-refractivity contribution in [3.8, 4) is 0 Å². The third-order valence-electron chi connectivity index (χ3n) is 3.09. The molecule has 1 aliphatic heterocycles. The predicted molar refractivity (Wildman–Crippen MR) is 82.1 cm³/mol.